The van der Waals surface area contributed by atoms with Gasteiger partial charge in [-0.2, -0.15) is 0 Å². The molecule has 1 aromatic rings. The minimum atomic E-state index is -0.244. The molecule has 3 nitrogen and oxygen atoms in total. The molecule has 0 aliphatic rings. The first-order valence-electron chi connectivity index (χ1n) is 5.97. The van der Waals surface area contributed by atoms with E-state index in [2.05, 4.69) is 19.2 Å². The molecule has 94 valence electrons. The van der Waals surface area contributed by atoms with E-state index in [9.17, 15) is 9.90 Å². The van der Waals surface area contributed by atoms with Crippen molar-refractivity contribution in [2.45, 2.75) is 39.5 Å². The predicted molar refractivity (Wildman–Crippen MR) is 69.7 cm³/mol. The Labute approximate surface area is 103 Å². The van der Waals surface area contributed by atoms with Crippen LogP contribution >= 0.6 is 0 Å². The Morgan fingerprint density at radius 2 is 1.76 bits per heavy atom. The van der Waals surface area contributed by atoms with Crippen LogP contribution in [0.1, 0.15) is 61.0 Å². The third-order valence-electron chi connectivity index (χ3n) is 2.92. The van der Waals surface area contributed by atoms with Crippen molar-refractivity contribution in [3.8, 4) is 5.75 Å². The molecule has 0 aromatic heterocycles. The number of hydrogen-bond acceptors (Lipinski definition) is 2. The molecule has 0 radical (unpaired) electrons. The van der Waals surface area contributed by atoms with Crippen LogP contribution in [-0.4, -0.2) is 18.1 Å². The van der Waals surface area contributed by atoms with E-state index in [1.165, 1.54) is 0 Å². The number of hydrogen-bond donors (Lipinski definition) is 2. The molecule has 0 fully saturated rings. The summed E-state index contributed by atoms with van der Waals surface area (Å²) in [6.07, 6.45) is 0. The van der Waals surface area contributed by atoms with Gasteiger partial charge in [-0.3, -0.25) is 4.79 Å². The van der Waals surface area contributed by atoms with Crippen LogP contribution < -0.4 is 5.32 Å². The topological polar surface area (TPSA) is 49.3 Å². The molecular weight excluding hydrogens is 214 g/mol. The molecule has 0 atom stereocenters. The molecular formula is C14H21NO2. The third-order valence-corrected chi connectivity index (χ3v) is 2.92. The van der Waals surface area contributed by atoms with Gasteiger partial charge in [0.15, 0.2) is 0 Å². The van der Waals surface area contributed by atoms with Gasteiger partial charge in [0.2, 0.25) is 0 Å². The highest BCUT2D eigenvalue weighted by Gasteiger charge is 2.18. The van der Waals surface area contributed by atoms with Crippen LogP contribution in [0, 0.1) is 0 Å². The molecule has 0 saturated carbocycles. The van der Waals surface area contributed by atoms with Crippen molar-refractivity contribution in [1.29, 1.82) is 0 Å². The van der Waals surface area contributed by atoms with Crippen molar-refractivity contribution in [3.05, 3.63) is 28.8 Å². The van der Waals surface area contributed by atoms with Gasteiger partial charge in [0, 0.05) is 7.05 Å². The fourth-order valence-electron chi connectivity index (χ4n) is 1.76. The summed E-state index contributed by atoms with van der Waals surface area (Å²) >= 11 is 0. The lowest BCUT2D eigenvalue weighted by Crippen LogP contribution is -2.19. The van der Waals surface area contributed by atoms with Gasteiger partial charge in [-0.25, -0.2) is 0 Å². The molecule has 0 heterocycles. The minimum Gasteiger partial charge on any atom is -0.507 e. The van der Waals surface area contributed by atoms with Crippen molar-refractivity contribution < 1.29 is 9.90 Å². The fourth-order valence-corrected chi connectivity index (χ4v) is 1.76. The summed E-state index contributed by atoms with van der Waals surface area (Å²) in [6.45, 7) is 8.16. The summed E-state index contributed by atoms with van der Waals surface area (Å²) in [6, 6.07) is 3.75. The highest BCUT2D eigenvalue weighted by molar-refractivity contribution is 5.97. The van der Waals surface area contributed by atoms with Gasteiger partial charge in [-0.05, 0) is 29.0 Å². The fraction of sp³-hybridized carbons (Fsp3) is 0.500. The Morgan fingerprint density at radius 3 is 2.18 bits per heavy atom. The summed E-state index contributed by atoms with van der Waals surface area (Å²) in [5, 5.41) is 12.7. The molecule has 1 aromatic carbocycles. The Bertz CT molecular complexity index is 422. The van der Waals surface area contributed by atoms with E-state index >= 15 is 0 Å². The van der Waals surface area contributed by atoms with Crippen molar-refractivity contribution in [2.75, 3.05) is 7.05 Å². The summed E-state index contributed by atoms with van der Waals surface area (Å²) < 4.78 is 0. The highest BCUT2D eigenvalue weighted by Crippen LogP contribution is 2.32. The van der Waals surface area contributed by atoms with Crippen LogP contribution in [0.15, 0.2) is 12.1 Å². The van der Waals surface area contributed by atoms with Crippen molar-refractivity contribution in [2.24, 2.45) is 0 Å². The molecule has 0 spiro atoms. The average Bonchev–Trinajstić information content (AvgIpc) is 2.27. The molecule has 1 rings (SSSR count). The standard InChI is InChI=1S/C14H21NO2/c1-8(2)10-6-11(9(3)4)13(16)12(7-10)14(17)15-5/h6-9,16H,1-5H3,(H,15,17). The minimum absolute atomic E-state index is 0.101. The number of benzene rings is 1. The lowest BCUT2D eigenvalue weighted by molar-refractivity contribution is 0.0960. The summed E-state index contributed by atoms with van der Waals surface area (Å²) in [5.41, 5.74) is 2.27. The van der Waals surface area contributed by atoms with E-state index in [0.717, 1.165) is 11.1 Å². The maximum atomic E-state index is 11.7. The number of carbonyl (C=O) groups excluding carboxylic acids is 1. The normalized spacial score (nSPS) is 11.0. The summed E-state index contributed by atoms with van der Waals surface area (Å²) in [4.78, 5) is 11.7. The highest BCUT2D eigenvalue weighted by atomic mass is 16.3. The van der Waals surface area contributed by atoms with Gasteiger partial charge < -0.3 is 10.4 Å². The number of phenols is 1. The first-order valence-corrected chi connectivity index (χ1v) is 5.97. The van der Waals surface area contributed by atoms with E-state index in [4.69, 9.17) is 0 Å². The number of carbonyl (C=O) groups is 1. The third kappa shape index (κ3) is 2.78. The second-order valence-corrected chi connectivity index (χ2v) is 4.89. The van der Waals surface area contributed by atoms with Crippen LogP contribution in [-0.2, 0) is 0 Å². The average molecular weight is 235 g/mol. The number of phenolic OH excluding ortho intramolecular Hbond substituents is 1. The van der Waals surface area contributed by atoms with Crippen LogP contribution in [0.5, 0.6) is 5.75 Å². The maximum absolute atomic E-state index is 11.7. The van der Waals surface area contributed by atoms with Crippen molar-refractivity contribution >= 4 is 5.91 Å². The molecule has 1 amide bonds. The maximum Gasteiger partial charge on any atom is 0.254 e. The van der Waals surface area contributed by atoms with Gasteiger partial charge in [0.1, 0.15) is 5.75 Å². The quantitative estimate of drug-likeness (QED) is 0.846. The molecule has 0 bridgehead atoms. The lowest BCUT2D eigenvalue weighted by Gasteiger charge is -2.16. The Balaban J connectivity index is 3.43. The van der Waals surface area contributed by atoms with E-state index in [-0.39, 0.29) is 17.6 Å². The number of rotatable bonds is 3. The van der Waals surface area contributed by atoms with Crippen LogP contribution in [0.25, 0.3) is 0 Å². The molecule has 3 heteroatoms. The number of amides is 1. The van der Waals surface area contributed by atoms with Crippen molar-refractivity contribution in [3.63, 3.8) is 0 Å². The summed E-state index contributed by atoms with van der Waals surface area (Å²) in [7, 11) is 1.57. The van der Waals surface area contributed by atoms with Gasteiger partial charge >= 0.3 is 0 Å². The Hall–Kier alpha value is -1.51. The molecule has 0 aliphatic heterocycles. The van der Waals surface area contributed by atoms with Gasteiger partial charge in [-0.15, -0.1) is 0 Å². The zero-order chi connectivity index (χ0) is 13.2. The number of nitrogens with one attached hydrogen (secondary N) is 1. The SMILES string of the molecule is CNC(=O)c1cc(C(C)C)cc(C(C)C)c1O. The van der Waals surface area contributed by atoms with E-state index in [1.54, 1.807) is 13.1 Å². The van der Waals surface area contributed by atoms with Gasteiger partial charge in [0.05, 0.1) is 5.56 Å². The van der Waals surface area contributed by atoms with Gasteiger partial charge in [-0.1, -0.05) is 33.8 Å². The van der Waals surface area contributed by atoms with Crippen molar-refractivity contribution in [1.82, 2.24) is 5.32 Å². The first kappa shape index (κ1) is 13.6. The first-order chi connectivity index (χ1) is 7.88. The van der Waals surface area contributed by atoms with Crippen LogP contribution in [0.3, 0.4) is 0 Å². The van der Waals surface area contributed by atoms with E-state index in [0.29, 0.717) is 11.5 Å². The molecule has 0 aliphatic carbocycles. The number of aromatic hydroxyl groups is 1. The molecule has 0 unspecified atom stereocenters. The smallest absolute Gasteiger partial charge is 0.254 e. The second kappa shape index (κ2) is 5.21. The zero-order valence-electron chi connectivity index (χ0n) is 11.2. The second-order valence-electron chi connectivity index (χ2n) is 4.89. The molecule has 17 heavy (non-hydrogen) atoms. The van der Waals surface area contributed by atoms with Gasteiger partial charge in [0.25, 0.3) is 5.91 Å². The lowest BCUT2D eigenvalue weighted by atomic mass is 9.91. The van der Waals surface area contributed by atoms with Crippen LogP contribution in [0.2, 0.25) is 0 Å². The van der Waals surface area contributed by atoms with E-state index < -0.39 is 0 Å². The Kier molecular flexibility index (Phi) is 4.16. The predicted octanol–water partition coefficient (Wildman–Crippen LogP) is 3.00. The summed E-state index contributed by atoms with van der Waals surface area (Å²) in [5.74, 6) is 0.379. The molecule has 0 saturated heterocycles. The monoisotopic (exact) mass is 235 g/mol. The van der Waals surface area contributed by atoms with E-state index in [1.807, 2.05) is 19.9 Å². The zero-order valence-corrected chi connectivity index (χ0v) is 11.2. The molecule has 2 N–H and O–H groups in total. The Morgan fingerprint density at radius 1 is 1.18 bits per heavy atom. The van der Waals surface area contributed by atoms with Crippen LogP contribution in [0.4, 0.5) is 0 Å². The largest absolute Gasteiger partial charge is 0.507 e.